The molecule has 0 saturated carbocycles. The van der Waals surface area contributed by atoms with Crippen LogP contribution in [0.1, 0.15) is 10.4 Å². The van der Waals surface area contributed by atoms with Crippen molar-refractivity contribution in [2.75, 3.05) is 11.5 Å². The Kier molecular flexibility index (Phi) is 6.46. The molecule has 0 saturated heterocycles. The van der Waals surface area contributed by atoms with Gasteiger partial charge in [0.25, 0.3) is 0 Å². The van der Waals surface area contributed by atoms with E-state index in [4.69, 9.17) is 16.6 Å². The molecule has 0 aromatic heterocycles. The first kappa shape index (κ1) is 20.1. The summed E-state index contributed by atoms with van der Waals surface area (Å²) in [4.78, 5) is 11.0. The maximum Gasteiger partial charge on any atom is 1.00 e. The monoisotopic (exact) mass is 357 g/mol. The summed E-state index contributed by atoms with van der Waals surface area (Å²) in [5, 5.41) is 23.6. The van der Waals surface area contributed by atoms with Crippen molar-refractivity contribution in [3.8, 4) is 0 Å². The van der Waals surface area contributed by atoms with Gasteiger partial charge >= 0.3 is 29.6 Å². The molecular formula is C13H12N5NaO4S. The fourth-order valence-corrected chi connectivity index (χ4v) is 2.27. The average molecular weight is 357 g/mol. The summed E-state index contributed by atoms with van der Waals surface area (Å²) in [5.41, 5.74) is 11.3. The molecule has 9 nitrogen and oxygen atoms in total. The number of hydrogen-bond donors (Lipinski definition) is 3. The van der Waals surface area contributed by atoms with Gasteiger partial charge in [0, 0.05) is 11.3 Å². The van der Waals surface area contributed by atoms with Crippen molar-refractivity contribution in [2.45, 2.75) is 4.90 Å². The Morgan fingerprint density at radius 1 is 1.04 bits per heavy atom. The number of azo groups is 1. The molecule has 0 fully saturated rings. The van der Waals surface area contributed by atoms with Crippen LogP contribution >= 0.6 is 0 Å². The van der Waals surface area contributed by atoms with Crippen LogP contribution < -0.4 is 51.3 Å². The number of aromatic carboxylic acids is 1. The van der Waals surface area contributed by atoms with Gasteiger partial charge in [0.05, 0.1) is 22.2 Å². The minimum Gasteiger partial charge on any atom is -0.545 e. The van der Waals surface area contributed by atoms with E-state index in [9.17, 15) is 18.3 Å². The summed E-state index contributed by atoms with van der Waals surface area (Å²) >= 11 is 0. The number of hydrogen-bond acceptors (Lipinski definition) is 8. The van der Waals surface area contributed by atoms with Gasteiger partial charge in [-0.2, -0.15) is 5.11 Å². The van der Waals surface area contributed by atoms with Crippen LogP contribution in [0.3, 0.4) is 0 Å². The number of sulfonamides is 1. The minimum absolute atomic E-state index is 0. The number of anilines is 2. The summed E-state index contributed by atoms with van der Waals surface area (Å²) in [5.74, 6) is -1.50. The number of rotatable bonds is 4. The zero-order valence-electron chi connectivity index (χ0n) is 12.6. The number of primary sulfonamides is 1. The maximum atomic E-state index is 11.1. The van der Waals surface area contributed by atoms with Crippen molar-refractivity contribution < 1.29 is 47.9 Å². The van der Waals surface area contributed by atoms with Crippen molar-refractivity contribution in [3.63, 3.8) is 0 Å². The minimum atomic E-state index is -3.81. The van der Waals surface area contributed by atoms with Gasteiger partial charge < -0.3 is 21.4 Å². The first-order valence-electron chi connectivity index (χ1n) is 6.13. The largest absolute Gasteiger partial charge is 1.00 e. The molecule has 0 radical (unpaired) electrons. The van der Waals surface area contributed by atoms with Crippen LogP contribution in [-0.2, 0) is 10.0 Å². The normalized spacial score (nSPS) is 11.2. The van der Waals surface area contributed by atoms with Gasteiger partial charge in [-0.25, -0.2) is 13.6 Å². The van der Waals surface area contributed by atoms with Crippen LogP contribution in [0.15, 0.2) is 51.5 Å². The molecule has 0 aliphatic carbocycles. The van der Waals surface area contributed by atoms with Gasteiger partial charge in [-0.05, 0) is 36.4 Å². The predicted molar refractivity (Wildman–Crippen MR) is 81.6 cm³/mol. The predicted octanol–water partition coefficient (Wildman–Crippen LogP) is -2.72. The molecule has 11 heteroatoms. The molecule has 0 unspecified atom stereocenters. The van der Waals surface area contributed by atoms with Crippen molar-refractivity contribution in [2.24, 2.45) is 15.4 Å². The summed E-state index contributed by atoms with van der Waals surface area (Å²) in [6.07, 6.45) is 0. The van der Waals surface area contributed by atoms with E-state index in [0.29, 0.717) is 0 Å². The van der Waals surface area contributed by atoms with Gasteiger partial charge in [-0.3, -0.25) is 0 Å². The summed E-state index contributed by atoms with van der Waals surface area (Å²) < 4.78 is 22.3. The Hall–Kier alpha value is -1.98. The van der Waals surface area contributed by atoms with Crippen LogP contribution in [0.4, 0.5) is 22.7 Å². The van der Waals surface area contributed by atoms with E-state index in [0.717, 1.165) is 6.07 Å². The third-order valence-electron chi connectivity index (χ3n) is 2.81. The molecule has 0 spiro atoms. The fraction of sp³-hybridized carbons (Fsp3) is 0. The third kappa shape index (κ3) is 4.76. The van der Waals surface area contributed by atoms with E-state index in [1.807, 2.05) is 0 Å². The molecule has 0 heterocycles. The molecule has 2 rings (SSSR count). The van der Waals surface area contributed by atoms with E-state index >= 15 is 0 Å². The fourth-order valence-electron chi connectivity index (χ4n) is 1.76. The van der Waals surface area contributed by atoms with Crippen LogP contribution in [0.2, 0.25) is 0 Å². The number of nitrogen functional groups attached to an aromatic ring is 2. The van der Waals surface area contributed by atoms with Gasteiger partial charge in [0.2, 0.25) is 10.0 Å². The SMILES string of the molecule is Nc1cc(N)c(N=Nc2ccc(S(N)(=O)=O)cc2)c(C(=O)[O-])c1.[Na+]. The first-order valence-corrected chi connectivity index (χ1v) is 7.68. The number of nitrogens with zero attached hydrogens (tertiary/aromatic N) is 2. The number of carbonyl (C=O) groups excluding carboxylic acids is 1. The quantitative estimate of drug-likeness (QED) is 0.304. The second-order valence-electron chi connectivity index (χ2n) is 4.53. The van der Waals surface area contributed by atoms with Gasteiger partial charge in [0.15, 0.2) is 0 Å². The molecular weight excluding hydrogens is 345 g/mol. The van der Waals surface area contributed by atoms with Gasteiger partial charge in [0.1, 0.15) is 5.69 Å². The number of carbonyl (C=O) groups is 1. The smallest absolute Gasteiger partial charge is 0.545 e. The van der Waals surface area contributed by atoms with Gasteiger partial charge in [-0.15, -0.1) is 5.11 Å². The zero-order chi connectivity index (χ0) is 17.2. The summed E-state index contributed by atoms with van der Waals surface area (Å²) in [7, 11) is -3.81. The number of benzene rings is 2. The third-order valence-corrected chi connectivity index (χ3v) is 3.74. The molecule has 0 aliphatic heterocycles. The summed E-state index contributed by atoms with van der Waals surface area (Å²) in [6, 6.07) is 7.70. The van der Waals surface area contributed by atoms with Gasteiger partial charge in [-0.1, -0.05) is 0 Å². The zero-order valence-corrected chi connectivity index (χ0v) is 15.4. The van der Waals surface area contributed by atoms with Crippen molar-refractivity contribution in [1.29, 1.82) is 0 Å². The molecule has 2 aromatic rings. The molecule has 6 N–H and O–H groups in total. The van der Waals surface area contributed by atoms with E-state index in [-0.39, 0.29) is 62.8 Å². The van der Waals surface area contributed by atoms with E-state index in [1.165, 1.54) is 30.3 Å². The Morgan fingerprint density at radius 2 is 1.62 bits per heavy atom. The Balaban J connectivity index is 0.00000288. The molecule has 0 amide bonds. The Morgan fingerprint density at radius 3 is 2.12 bits per heavy atom. The van der Waals surface area contributed by atoms with Crippen LogP contribution in [-0.4, -0.2) is 14.4 Å². The number of nitrogens with two attached hydrogens (primary N) is 3. The molecule has 0 atom stereocenters. The van der Waals surface area contributed by atoms with Crippen molar-refractivity contribution in [3.05, 3.63) is 42.0 Å². The standard InChI is InChI=1S/C13H13N5O4S.Na/c14-7-5-10(13(19)20)12(11(15)6-7)18-17-8-1-3-9(4-2-8)23(16,21)22;/h1-6H,14-15H2,(H,19,20)(H2,16,21,22);/q;+1/p-1. The Labute approximate surface area is 159 Å². The molecule has 0 bridgehead atoms. The number of carboxylic acid groups (broad SMARTS) is 1. The second-order valence-corrected chi connectivity index (χ2v) is 6.09. The van der Waals surface area contributed by atoms with E-state index in [2.05, 4.69) is 10.2 Å². The Bertz CT molecular complexity index is 897. The molecule has 24 heavy (non-hydrogen) atoms. The van der Waals surface area contributed by atoms with Crippen LogP contribution in [0.5, 0.6) is 0 Å². The van der Waals surface area contributed by atoms with Crippen LogP contribution in [0.25, 0.3) is 0 Å². The second kappa shape index (κ2) is 7.73. The number of carboxylic acids is 1. The molecule has 120 valence electrons. The topological polar surface area (TPSA) is 177 Å². The summed E-state index contributed by atoms with van der Waals surface area (Å²) in [6.45, 7) is 0. The van der Waals surface area contributed by atoms with E-state index in [1.54, 1.807) is 0 Å². The van der Waals surface area contributed by atoms with E-state index < -0.39 is 16.0 Å². The average Bonchev–Trinajstić information content (AvgIpc) is 2.45. The first-order chi connectivity index (χ1) is 10.7. The van der Waals surface area contributed by atoms with Crippen molar-refractivity contribution in [1.82, 2.24) is 0 Å². The van der Waals surface area contributed by atoms with Crippen molar-refractivity contribution >= 4 is 38.7 Å². The molecule has 0 aliphatic rings. The molecule has 2 aromatic carbocycles. The van der Waals surface area contributed by atoms with Crippen LogP contribution in [0, 0.1) is 0 Å². The maximum absolute atomic E-state index is 11.1.